The number of likely N-dealkylation sites (N-methyl/N-ethyl adjacent to an activating group) is 1. The molecule has 14 heteroatoms. The topological polar surface area (TPSA) is 190 Å². The highest BCUT2D eigenvalue weighted by atomic mass is 16.8. The Bertz CT molecular complexity index is 1970. The van der Waals surface area contributed by atoms with Gasteiger partial charge in [0.05, 0.1) is 24.3 Å². The van der Waals surface area contributed by atoms with Crippen molar-refractivity contribution < 1.29 is 53.1 Å². The molecule has 0 bridgehead atoms. The molecule has 1 aliphatic heterocycles. The van der Waals surface area contributed by atoms with Gasteiger partial charge in [-0.2, -0.15) is 0 Å². The highest BCUT2D eigenvalue weighted by Crippen LogP contribution is 2.47. The number of carbonyl (C=O) groups excluding carboxylic acids is 5. The number of ether oxygens (including phenoxy) is 4. The summed E-state index contributed by atoms with van der Waals surface area (Å²) in [6, 6.07) is 22.6. The van der Waals surface area contributed by atoms with Crippen LogP contribution < -0.4 is 10.6 Å². The standard InChI is InChI=1S/C45H53N3O11/c1-28(50)39(42(54)46-34(27-49)22-24-38(52)58-44(2,3)4)47-41(53)31-25-35(56-43(55)30-20-17-29(18-21-30)19-23-37(51)48(5)6)40-36(26-31)57-45(59-40,32-13-9-7-10-14-32)33-15-11-8-12-16-33/h7-21,23,26,28,34-36,39-40,49-50H,22,24-25,27H2,1-6H3,(H,46,54)(H,47,53). The predicted octanol–water partition coefficient (Wildman–Crippen LogP) is 3.79. The fourth-order valence-electron chi connectivity index (χ4n) is 6.67. The molecule has 0 spiro atoms. The SMILES string of the molecule is CC(O)C(NC(=O)C1=CC2OC(c3ccccc3)(c3ccccc3)OC2C(OC(=O)c2ccc(C=CC(=O)N(C)C)cc2)C1)C(=O)NC(CO)CCC(=O)OC(C)(C)C. The second kappa shape index (κ2) is 19.4. The Balaban J connectivity index is 1.40. The summed E-state index contributed by atoms with van der Waals surface area (Å²) in [4.78, 5) is 67.0. The lowest BCUT2D eigenvalue weighted by molar-refractivity contribution is -0.157. The summed E-state index contributed by atoms with van der Waals surface area (Å²) >= 11 is 0. The van der Waals surface area contributed by atoms with Crippen LogP contribution in [0.4, 0.5) is 0 Å². The summed E-state index contributed by atoms with van der Waals surface area (Å²) in [6.45, 7) is 6.01. The number of rotatable bonds is 15. The van der Waals surface area contributed by atoms with E-state index >= 15 is 0 Å². The van der Waals surface area contributed by atoms with Gasteiger partial charge in [0.25, 0.3) is 0 Å². The Labute approximate surface area is 344 Å². The highest BCUT2D eigenvalue weighted by Gasteiger charge is 2.55. The molecule has 3 aromatic carbocycles. The predicted molar refractivity (Wildman–Crippen MR) is 217 cm³/mol. The first-order valence-corrected chi connectivity index (χ1v) is 19.5. The van der Waals surface area contributed by atoms with E-state index in [0.29, 0.717) is 16.7 Å². The molecule has 0 radical (unpaired) electrons. The zero-order valence-electron chi connectivity index (χ0n) is 34.1. The molecule has 1 fully saturated rings. The van der Waals surface area contributed by atoms with E-state index in [1.54, 1.807) is 71.3 Å². The van der Waals surface area contributed by atoms with Gasteiger partial charge in [0.1, 0.15) is 30.0 Å². The molecule has 6 atom stereocenters. The first-order chi connectivity index (χ1) is 28.0. The van der Waals surface area contributed by atoms with Crippen LogP contribution in [0.5, 0.6) is 0 Å². The minimum absolute atomic E-state index is 0.0520. The van der Waals surface area contributed by atoms with E-state index in [0.717, 1.165) is 0 Å². The largest absolute Gasteiger partial charge is 0.460 e. The maximum absolute atomic E-state index is 14.0. The van der Waals surface area contributed by atoms with Crippen LogP contribution in [0.3, 0.4) is 0 Å². The first kappa shape index (κ1) is 44.4. The van der Waals surface area contributed by atoms with Gasteiger partial charge < -0.3 is 44.7 Å². The number of amides is 3. The third kappa shape index (κ3) is 11.5. The molecule has 14 nitrogen and oxygen atoms in total. The minimum Gasteiger partial charge on any atom is -0.460 e. The molecule has 59 heavy (non-hydrogen) atoms. The number of hydrogen-bond acceptors (Lipinski definition) is 11. The van der Waals surface area contributed by atoms with Crippen molar-refractivity contribution in [3.63, 3.8) is 0 Å². The number of benzene rings is 3. The lowest BCUT2D eigenvalue weighted by atomic mass is 9.91. The zero-order valence-corrected chi connectivity index (χ0v) is 34.1. The molecule has 5 rings (SSSR count). The lowest BCUT2D eigenvalue weighted by Crippen LogP contribution is -2.55. The van der Waals surface area contributed by atoms with Gasteiger partial charge in [0.15, 0.2) is 0 Å². The summed E-state index contributed by atoms with van der Waals surface area (Å²) in [6.07, 6.45) is 0.205. The van der Waals surface area contributed by atoms with E-state index in [9.17, 15) is 34.2 Å². The van der Waals surface area contributed by atoms with Gasteiger partial charge >= 0.3 is 11.9 Å². The molecule has 1 heterocycles. The van der Waals surface area contributed by atoms with E-state index in [1.165, 1.54) is 17.9 Å². The maximum atomic E-state index is 14.0. The molecule has 314 valence electrons. The quantitative estimate of drug-likeness (QED) is 0.129. The monoisotopic (exact) mass is 811 g/mol. The third-order valence-corrected chi connectivity index (χ3v) is 9.68. The number of hydrogen-bond donors (Lipinski definition) is 4. The van der Waals surface area contributed by atoms with Crippen LogP contribution in [0.15, 0.2) is 103 Å². The Morgan fingerprint density at radius 1 is 0.915 bits per heavy atom. The molecule has 6 unspecified atom stereocenters. The molecule has 0 aromatic heterocycles. The van der Waals surface area contributed by atoms with Crippen LogP contribution in [0.25, 0.3) is 6.08 Å². The van der Waals surface area contributed by atoms with Crippen molar-refractivity contribution in [2.75, 3.05) is 20.7 Å². The summed E-state index contributed by atoms with van der Waals surface area (Å²) in [5.41, 5.74) is 1.63. The smallest absolute Gasteiger partial charge is 0.338 e. The molecule has 1 aliphatic carbocycles. The summed E-state index contributed by atoms with van der Waals surface area (Å²) < 4.78 is 25.0. The van der Waals surface area contributed by atoms with Crippen LogP contribution in [0.2, 0.25) is 0 Å². The van der Waals surface area contributed by atoms with Crippen LogP contribution in [-0.2, 0) is 43.9 Å². The number of nitrogens with zero attached hydrogens (tertiary/aromatic N) is 1. The van der Waals surface area contributed by atoms with Gasteiger partial charge in [-0.3, -0.25) is 19.2 Å². The summed E-state index contributed by atoms with van der Waals surface area (Å²) in [7, 11) is 3.28. The molecular formula is C45H53N3O11. The molecule has 3 amide bonds. The molecule has 4 N–H and O–H groups in total. The number of esters is 2. The fourth-order valence-corrected chi connectivity index (χ4v) is 6.67. The third-order valence-electron chi connectivity index (χ3n) is 9.68. The maximum Gasteiger partial charge on any atom is 0.338 e. The van der Waals surface area contributed by atoms with E-state index in [-0.39, 0.29) is 36.3 Å². The van der Waals surface area contributed by atoms with Crippen molar-refractivity contribution in [1.82, 2.24) is 15.5 Å². The fraction of sp³-hybridized carbons (Fsp3) is 0.400. The van der Waals surface area contributed by atoms with Gasteiger partial charge in [-0.1, -0.05) is 72.8 Å². The molecular weight excluding hydrogens is 759 g/mol. The Morgan fingerprint density at radius 3 is 2.07 bits per heavy atom. The van der Waals surface area contributed by atoms with Crippen LogP contribution >= 0.6 is 0 Å². The van der Waals surface area contributed by atoms with Crippen LogP contribution in [0, 0.1) is 0 Å². The number of aliphatic hydroxyl groups is 2. The second-order valence-corrected chi connectivity index (χ2v) is 15.7. The normalized spacial score (nSPS) is 20.0. The zero-order chi connectivity index (χ0) is 42.9. The van der Waals surface area contributed by atoms with Crippen molar-refractivity contribution in [3.05, 3.63) is 125 Å². The lowest BCUT2D eigenvalue weighted by Gasteiger charge is -2.32. The number of fused-ring (bicyclic) bond motifs is 1. The average molecular weight is 812 g/mol. The average Bonchev–Trinajstić information content (AvgIpc) is 3.61. The highest BCUT2D eigenvalue weighted by molar-refractivity contribution is 5.98. The van der Waals surface area contributed by atoms with Gasteiger partial charge in [-0.05, 0) is 64.0 Å². The first-order valence-electron chi connectivity index (χ1n) is 19.5. The van der Waals surface area contributed by atoms with Crippen LogP contribution in [0.1, 0.15) is 74.0 Å². The van der Waals surface area contributed by atoms with Crippen molar-refractivity contribution in [3.8, 4) is 0 Å². The minimum atomic E-state index is -1.47. The van der Waals surface area contributed by atoms with E-state index in [4.69, 9.17) is 18.9 Å². The molecule has 1 saturated heterocycles. The van der Waals surface area contributed by atoms with Crippen molar-refractivity contribution >= 4 is 35.7 Å². The second-order valence-electron chi connectivity index (χ2n) is 15.7. The van der Waals surface area contributed by atoms with E-state index in [1.807, 2.05) is 60.7 Å². The van der Waals surface area contributed by atoms with Gasteiger partial charge in [-0.15, -0.1) is 0 Å². The van der Waals surface area contributed by atoms with Crippen molar-refractivity contribution in [2.45, 2.75) is 94.8 Å². The number of carbonyl (C=O) groups is 5. The van der Waals surface area contributed by atoms with Crippen molar-refractivity contribution in [2.24, 2.45) is 0 Å². The van der Waals surface area contributed by atoms with Crippen LogP contribution in [-0.4, -0.2) is 108 Å². The van der Waals surface area contributed by atoms with Gasteiger partial charge in [-0.25, -0.2) is 4.79 Å². The summed E-state index contributed by atoms with van der Waals surface area (Å²) in [5, 5.41) is 25.8. The number of nitrogens with one attached hydrogen (secondary N) is 2. The Hall–Kier alpha value is -5.67. The molecule has 2 aliphatic rings. The molecule has 3 aromatic rings. The van der Waals surface area contributed by atoms with Gasteiger partial charge in [0.2, 0.25) is 23.5 Å². The Morgan fingerprint density at radius 2 is 1.53 bits per heavy atom. The van der Waals surface area contributed by atoms with Gasteiger partial charge in [0, 0.05) is 49.7 Å². The van der Waals surface area contributed by atoms with Crippen molar-refractivity contribution in [1.29, 1.82) is 0 Å². The Kier molecular flexibility index (Phi) is 14.6. The van der Waals surface area contributed by atoms with E-state index in [2.05, 4.69) is 10.6 Å². The number of aliphatic hydroxyl groups excluding tert-OH is 2. The summed E-state index contributed by atoms with van der Waals surface area (Å²) in [5.74, 6) is -4.37. The molecule has 0 saturated carbocycles. The van der Waals surface area contributed by atoms with E-state index < -0.39 is 78.2 Å².